The number of benzene rings is 4. The van der Waals surface area contributed by atoms with E-state index in [1.54, 1.807) is 0 Å². The van der Waals surface area contributed by atoms with Crippen LogP contribution in [0.2, 0.25) is 0 Å². The molecule has 0 aromatic heterocycles. The summed E-state index contributed by atoms with van der Waals surface area (Å²) in [5.74, 6) is 2.40. The molecule has 2 heterocycles. The fourth-order valence-electron chi connectivity index (χ4n) is 4.38. The van der Waals surface area contributed by atoms with Crippen molar-refractivity contribution in [3.63, 3.8) is 0 Å². The highest BCUT2D eigenvalue weighted by molar-refractivity contribution is 6.91. The lowest BCUT2D eigenvalue weighted by Crippen LogP contribution is -2.53. The summed E-state index contributed by atoms with van der Waals surface area (Å²) in [7, 11) is 0. The van der Waals surface area contributed by atoms with Gasteiger partial charge >= 0.3 is 6.85 Å². The Bertz CT molecular complexity index is 1310. The van der Waals surface area contributed by atoms with Crippen molar-refractivity contribution in [2.45, 2.75) is 0 Å². The van der Waals surface area contributed by atoms with Crippen LogP contribution < -0.4 is 20.7 Å². The van der Waals surface area contributed by atoms with Gasteiger partial charge in [-0.15, -0.1) is 0 Å². The summed E-state index contributed by atoms with van der Waals surface area (Å²) < 4.78 is 0. The first-order valence-electron chi connectivity index (χ1n) is 9.08. The second-order valence-electron chi connectivity index (χ2n) is 7.08. The normalized spacial score (nSPS) is 13.8. The van der Waals surface area contributed by atoms with E-state index in [-0.39, 0.29) is 6.85 Å². The standard InChI is InChI=1S/C24H16BN/c1-2-8-18-14-24-22(13-17(18)7-1)21-11-5-6-12-23(21)25-15-19-9-3-4-10-20(19)16-26(24)25/h1-16H. The lowest BCUT2D eigenvalue weighted by Gasteiger charge is -2.36. The van der Waals surface area contributed by atoms with Gasteiger partial charge in [0.05, 0.1) is 0 Å². The molecule has 0 saturated carbocycles. The largest absolute Gasteiger partial charge is 0.382 e. The fraction of sp³-hybridized carbons (Fsp3) is 0. The van der Waals surface area contributed by atoms with Crippen LogP contribution >= 0.6 is 0 Å². The first-order valence-corrected chi connectivity index (χ1v) is 9.08. The molecule has 0 bridgehead atoms. The topological polar surface area (TPSA) is 3.24 Å². The summed E-state index contributed by atoms with van der Waals surface area (Å²) in [5, 5.41) is 5.17. The second-order valence-corrected chi connectivity index (χ2v) is 7.08. The summed E-state index contributed by atoms with van der Waals surface area (Å²) in [4.78, 5) is 2.44. The summed E-state index contributed by atoms with van der Waals surface area (Å²) in [6.07, 6.45) is 2.31. The minimum atomic E-state index is 0.245. The van der Waals surface area contributed by atoms with Gasteiger partial charge in [-0.1, -0.05) is 78.8 Å². The van der Waals surface area contributed by atoms with Crippen molar-refractivity contribution in [1.29, 1.82) is 0 Å². The molecule has 120 valence electrons. The molecule has 6 rings (SSSR count). The van der Waals surface area contributed by atoms with E-state index in [0.717, 1.165) is 0 Å². The fourth-order valence-corrected chi connectivity index (χ4v) is 4.38. The maximum atomic E-state index is 2.44. The third kappa shape index (κ3) is 1.87. The summed E-state index contributed by atoms with van der Waals surface area (Å²) in [5.41, 5.74) is 5.33. The lowest BCUT2D eigenvalue weighted by molar-refractivity contribution is 1.39. The molecule has 0 fully saturated rings. The van der Waals surface area contributed by atoms with Crippen molar-refractivity contribution in [3.05, 3.63) is 95.4 Å². The van der Waals surface area contributed by atoms with Crippen molar-refractivity contribution in [2.24, 2.45) is 0 Å². The van der Waals surface area contributed by atoms with Gasteiger partial charge in [0, 0.05) is 11.3 Å². The molecule has 0 radical (unpaired) electrons. The van der Waals surface area contributed by atoms with E-state index in [1.165, 1.54) is 43.5 Å². The molecule has 4 aromatic carbocycles. The average molecular weight is 329 g/mol. The van der Waals surface area contributed by atoms with Gasteiger partial charge in [-0.25, -0.2) is 0 Å². The Morgan fingerprint density at radius 2 is 1.31 bits per heavy atom. The molecule has 0 spiro atoms. The Balaban J connectivity index is 1.74. The van der Waals surface area contributed by atoms with E-state index in [4.69, 9.17) is 0 Å². The van der Waals surface area contributed by atoms with Crippen LogP contribution in [0.5, 0.6) is 0 Å². The van der Waals surface area contributed by atoms with Crippen LogP contribution in [-0.4, -0.2) is 6.85 Å². The number of rotatable bonds is 0. The zero-order valence-corrected chi connectivity index (χ0v) is 14.3. The van der Waals surface area contributed by atoms with Crippen LogP contribution in [0.3, 0.4) is 0 Å². The van der Waals surface area contributed by atoms with Gasteiger partial charge in [0.15, 0.2) is 0 Å². The van der Waals surface area contributed by atoms with Crippen LogP contribution in [0.4, 0.5) is 5.69 Å². The van der Waals surface area contributed by atoms with Gasteiger partial charge < -0.3 is 4.81 Å². The summed E-state index contributed by atoms with van der Waals surface area (Å²) >= 11 is 0. The van der Waals surface area contributed by atoms with Crippen molar-refractivity contribution < 1.29 is 0 Å². The third-order valence-electron chi connectivity index (χ3n) is 5.62. The Morgan fingerprint density at radius 1 is 0.615 bits per heavy atom. The molecule has 26 heavy (non-hydrogen) atoms. The Labute approximate surface area is 152 Å². The van der Waals surface area contributed by atoms with E-state index in [0.29, 0.717) is 0 Å². The Hall–Kier alpha value is -3.26. The smallest absolute Gasteiger partial charge is 0.321 e. The number of hydrogen-bond donors (Lipinski definition) is 0. The van der Waals surface area contributed by atoms with Gasteiger partial charge in [0.1, 0.15) is 0 Å². The predicted molar refractivity (Wildman–Crippen MR) is 112 cm³/mol. The first-order chi connectivity index (χ1) is 12.9. The van der Waals surface area contributed by atoms with Gasteiger partial charge in [-0.3, -0.25) is 0 Å². The van der Waals surface area contributed by atoms with E-state index in [9.17, 15) is 0 Å². The van der Waals surface area contributed by atoms with Gasteiger partial charge in [0.2, 0.25) is 0 Å². The van der Waals surface area contributed by atoms with Gasteiger partial charge in [-0.2, -0.15) is 0 Å². The molecule has 2 aliphatic heterocycles. The maximum Gasteiger partial charge on any atom is 0.321 e. The maximum absolute atomic E-state index is 2.44. The van der Waals surface area contributed by atoms with Crippen molar-refractivity contribution in [1.82, 2.24) is 0 Å². The summed E-state index contributed by atoms with van der Waals surface area (Å²) in [6, 6.07) is 30.8. The van der Waals surface area contributed by atoms with E-state index < -0.39 is 0 Å². The molecule has 2 aliphatic rings. The van der Waals surface area contributed by atoms with E-state index >= 15 is 0 Å². The molecular weight excluding hydrogens is 313 g/mol. The predicted octanol–water partition coefficient (Wildman–Crippen LogP) is 3.30. The van der Waals surface area contributed by atoms with Crippen LogP contribution in [-0.2, 0) is 0 Å². The van der Waals surface area contributed by atoms with E-state index in [1.807, 2.05) is 0 Å². The van der Waals surface area contributed by atoms with E-state index in [2.05, 4.69) is 102 Å². The molecular formula is C24H16BN. The number of fused-ring (bicyclic) bond motifs is 8. The number of hydrogen-bond acceptors (Lipinski definition) is 1. The Kier molecular flexibility index (Phi) is 2.75. The highest BCUT2D eigenvalue weighted by Crippen LogP contribution is 2.38. The van der Waals surface area contributed by atoms with Crippen LogP contribution in [0.1, 0.15) is 0 Å². The quantitative estimate of drug-likeness (QED) is 0.448. The second kappa shape index (κ2) is 5.12. The monoisotopic (exact) mass is 329 g/mol. The molecule has 0 saturated heterocycles. The molecule has 1 nitrogen and oxygen atoms in total. The lowest BCUT2D eigenvalue weighted by atomic mass is 9.49. The van der Waals surface area contributed by atoms with Crippen molar-refractivity contribution >= 4 is 40.9 Å². The zero-order chi connectivity index (χ0) is 17.1. The first kappa shape index (κ1) is 14.0. The molecule has 0 N–H and O–H groups in total. The molecule has 0 unspecified atom stereocenters. The SMILES string of the molecule is C1=c2ccccc2=CN2B1c1ccccc1-c1cc3ccccc3cc12. The van der Waals surface area contributed by atoms with Gasteiger partial charge in [-0.05, 0) is 50.6 Å². The molecule has 2 heteroatoms. The van der Waals surface area contributed by atoms with Crippen molar-refractivity contribution in [2.75, 3.05) is 4.81 Å². The minimum Gasteiger partial charge on any atom is -0.382 e. The highest BCUT2D eigenvalue weighted by Gasteiger charge is 2.33. The van der Waals surface area contributed by atoms with Crippen LogP contribution in [0.15, 0.2) is 84.9 Å². The van der Waals surface area contributed by atoms with Crippen LogP contribution in [0, 0.1) is 0 Å². The van der Waals surface area contributed by atoms with Crippen LogP contribution in [0.25, 0.3) is 34.1 Å². The molecule has 4 aromatic rings. The summed E-state index contributed by atoms with van der Waals surface area (Å²) in [6.45, 7) is 0.245. The minimum absolute atomic E-state index is 0.245. The molecule has 0 aliphatic carbocycles. The zero-order valence-electron chi connectivity index (χ0n) is 14.3. The number of nitrogens with zero attached hydrogens (tertiary/aromatic N) is 1. The highest BCUT2D eigenvalue weighted by atomic mass is 15.1. The Morgan fingerprint density at radius 3 is 2.19 bits per heavy atom. The van der Waals surface area contributed by atoms with Gasteiger partial charge in [0.25, 0.3) is 0 Å². The average Bonchev–Trinajstić information content (AvgIpc) is 2.71. The molecule has 0 atom stereocenters. The number of anilines is 1. The molecule has 0 amide bonds. The third-order valence-corrected chi connectivity index (χ3v) is 5.62. The van der Waals surface area contributed by atoms with Crippen molar-refractivity contribution in [3.8, 4) is 11.1 Å².